The van der Waals surface area contributed by atoms with Crippen molar-refractivity contribution >= 4 is 28.9 Å². The number of amides is 3. The number of hydrogen-bond donors (Lipinski definition) is 1. The van der Waals surface area contributed by atoms with E-state index in [0.717, 1.165) is 21.3 Å². The Morgan fingerprint density at radius 3 is 2.53 bits per heavy atom. The van der Waals surface area contributed by atoms with Crippen LogP contribution in [0.2, 0.25) is 0 Å². The molecule has 1 fully saturated rings. The van der Waals surface area contributed by atoms with E-state index in [1.165, 1.54) is 6.21 Å². The van der Waals surface area contributed by atoms with Crippen LogP contribution in [0.5, 0.6) is 5.75 Å². The minimum atomic E-state index is -0.993. The van der Waals surface area contributed by atoms with Crippen LogP contribution in [0.25, 0.3) is 10.8 Å². The summed E-state index contributed by atoms with van der Waals surface area (Å²) in [6.45, 7) is 1.74. The number of hydrogen-bond acceptors (Lipinski definition) is 4. The number of benzene rings is 3. The Labute approximate surface area is 175 Å². The first-order valence-corrected chi connectivity index (χ1v) is 9.82. The van der Waals surface area contributed by atoms with E-state index in [0.29, 0.717) is 24.2 Å². The van der Waals surface area contributed by atoms with Crippen LogP contribution in [0.15, 0.2) is 71.8 Å². The highest BCUT2D eigenvalue weighted by atomic mass is 16.5. The number of methoxy groups -OCH3 is 1. The molecule has 1 aliphatic heterocycles. The van der Waals surface area contributed by atoms with E-state index in [1.807, 2.05) is 66.7 Å². The number of imide groups is 1. The van der Waals surface area contributed by atoms with Gasteiger partial charge in [0.15, 0.2) is 0 Å². The molecule has 1 N–H and O–H groups in total. The number of carbonyl (C=O) groups excluding carboxylic acids is 2. The van der Waals surface area contributed by atoms with Crippen LogP contribution < -0.4 is 10.1 Å². The highest BCUT2D eigenvalue weighted by Gasteiger charge is 2.47. The zero-order valence-electron chi connectivity index (χ0n) is 17.0. The molecule has 3 aromatic carbocycles. The summed E-state index contributed by atoms with van der Waals surface area (Å²) in [5.41, 5.74) is 0.838. The number of fused-ring (bicyclic) bond motifs is 1. The highest BCUT2D eigenvalue weighted by Crippen LogP contribution is 2.28. The summed E-state index contributed by atoms with van der Waals surface area (Å²) in [6.07, 6.45) is 2.69. The van der Waals surface area contributed by atoms with Gasteiger partial charge in [-0.1, -0.05) is 60.7 Å². The summed E-state index contributed by atoms with van der Waals surface area (Å²) >= 11 is 0. The van der Waals surface area contributed by atoms with Crippen LogP contribution in [0.1, 0.15) is 24.5 Å². The van der Waals surface area contributed by atoms with Crippen molar-refractivity contribution in [1.29, 1.82) is 0 Å². The standard InChI is InChI=1S/C24H23N3O3/c1-24(15-14-17-8-4-3-5-9-17)22(28)27(23(29)26-24)25-16-20-19-11-7-6-10-18(19)12-13-21(20)30-2/h3-13,16H,14-15H2,1-2H3,(H,26,29)/t24-/m0/s1. The first-order chi connectivity index (χ1) is 14.5. The molecule has 0 aromatic heterocycles. The van der Waals surface area contributed by atoms with Gasteiger partial charge in [0.05, 0.1) is 13.3 Å². The molecule has 4 rings (SSSR count). The molecule has 3 aromatic rings. The van der Waals surface area contributed by atoms with Crippen molar-refractivity contribution in [3.8, 4) is 5.75 Å². The normalized spacial score (nSPS) is 18.9. The number of rotatable bonds is 6. The Morgan fingerprint density at radius 1 is 1.03 bits per heavy atom. The van der Waals surface area contributed by atoms with Crippen molar-refractivity contribution in [3.05, 3.63) is 77.9 Å². The molecule has 0 saturated carbocycles. The van der Waals surface area contributed by atoms with Gasteiger partial charge in [-0.05, 0) is 42.2 Å². The van der Waals surface area contributed by atoms with Crippen molar-refractivity contribution in [2.75, 3.05) is 7.11 Å². The molecule has 0 radical (unpaired) electrons. The molecule has 1 aliphatic rings. The number of aryl methyl sites for hydroxylation is 1. The predicted octanol–water partition coefficient (Wildman–Crippen LogP) is 4.13. The SMILES string of the molecule is COc1ccc2ccccc2c1C=NN1C(=O)N[C@@](C)(CCc2ccccc2)C1=O. The van der Waals surface area contributed by atoms with Gasteiger partial charge in [-0.15, -0.1) is 5.01 Å². The van der Waals surface area contributed by atoms with E-state index < -0.39 is 11.6 Å². The quantitative estimate of drug-likeness (QED) is 0.499. The van der Waals surface area contributed by atoms with E-state index in [-0.39, 0.29) is 5.91 Å². The molecule has 0 unspecified atom stereocenters. The van der Waals surface area contributed by atoms with Gasteiger partial charge in [-0.2, -0.15) is 5.10 Å². The second kappa shape index (κ2) is 7.99. The third kappa shape index (κ3) is 3.64. The fourth-order valence-electron chi connectivity index (χ4n) is 3.68. The van der Waals surface area contributed by atoms with Gasteiger partial charge in [0.1, 0.15) is 11.3 Å². The maximum absolute atomic E-state index is 13.0. The molecule has 0 spiro atoms. The number of nitrogens with one attached hydrogen (secondary N) is 1. The number of hydrazone groups is 1. The van der Waals surface area contributed by atoms with Gasteiger partial charge < -0.3 is 10.1 Å². The average Bonchev–Trinajstić information content (AvgIpc) is 2.99. The summed E-state index contributed by atoms with van der Waals surface area (Å²) in [6, 6.07) is 21.0. The second-order valence-electron chi connectivity index (χ2n) is 7.51. The Kier molecular flexibility index (Phi) is 5.23. The number of urea groups is 1. The van der Waals surface area contributed by atoms with E-state index in [9.17, 15) is 9.59 Å². The Hall–Kier alpha value is -3.67. The van der Waals surface area contributed by atoms with Crippen LogP contribution >= 0.6 is 0 Å². The van der Waals surface area contributed by atoms with Gasteiger partial charge in [0.25, 0.3) is 5.91 Å². The Balaban J connectivity index is 1.58. The molecule has 0 aliphatic carbocycles. The number of ether oxygens (including phenoxy) is 1. The average molecular weight is 401 g/mol. The van der Waals surface area contributed by atoms with Gasteiger partial charge in [-0.25, -0.2) is 4.79 Å². The van der Waals surface area contributed by atoms with Crippen LogP contribution in [-0.4, -0.2) is 35.8 Å². The molecular formula is C24H23N3O3. The molecule has 6 heteroatoms. The lowest BCUT2D eigenvalue weighted by molar-refractivity contribution is -0.130. The van der Waals surface area contributed by atoms with Crippen molar-refractivity contribution in [3.63, 3.8) is 0 Å². The fourth-order valence-corrected chi connectivity index (χ4v) is 3.68. The van der Waals surface area contributed by atoms with Crippen molar-refractivity contribution in [2.45, 2.75) is 25.3 Å². The predicted molar refractivity (Wildman–Crippen MR) is 117 cm³/mol. The lowest BCUT2D eigenvalue weighted by atomic mass is 9.93. The monoisotopic (exact) mass is 401 g/mol. The van der Waals surface area contributed by atoms with Gasteiger partial charge >= 0.3 is 6.03 Å². The topological polar surface area (TPSA) is 71.0 Å². The zero-order chi connectivity index (χ0) is 21.1. The third-order valence-corrected chi connectivity index (χ3v) is 5.45. The Bertz CT molecular complexity index is 1130. The number of carbonyl (C=O) groups is 2. The summed E-state index contributed by atoms with van der Waals surface area (Å²) in [4.78, 5) is 25.5. The first kappa shape index (κ1) is 19.6. The molecule has 1 atom stereocenters. The molecule has 0 bridgehead atoms. The largest absolute Gasteiger partial charge is 0.496 e. The molecule has 1 saturated heterocycles. The molecule has 1 heterocycles. The summed E-state index contributed by atoms with van der Waals surface area (Å²) in [7, 11) is 1.58. The molecular weight excluding hydrogens is 378 g/mol. The first-order valence-electron chi connectivity index (χ1n) is 9.82. The zero-order valence-corrected chi connectivity index (χ0v) is 17.0. The van der Waals surface area contributed by atoms with Crippen LogP contribution in [-0.2, 0) is 11.2 Å². The van der Waals surface area contributed by atoms with E-state index in [1.54, 1.807) is 14.0 Å². The third-order valence-electron chi connectivity index (χ3n) is 5.45. The second-order valence-corrected chi connectivity index (χ2v) is 7.51. The van der Waals surface area contributed by atoms with Crippen LogP contribution in [0, 0.1) is 0 Å². The minimum absolute atomic E-state index is 0.362. The summed E-state index contributed by atoms with van der Waals surface area (Å²) in [5, 5.41) is 9.88. The van der Waals surface area contributed by atoms with Gasteiger partial charge in [0, 0.05) is 5.56 Å². The molecule has 152 valence electrons. The summed E-state index contributed by atoms with van der Waals surface area (Å²) in [5.74, 6) is 0.259. The van der Waals surface area contributed by atoms with Gasteiger partial charge in [-0.3, -0.25) is 4.79 Å². The minimum Gasteiger partial charge on any atom is -0.496 e. The molecule has 3 amide bonds. The smallest absolute Gasteiger partial charge is 0.346 e. The van der Waals surface area contributed by atoms with Gasteiger partial charge in [0.2, 0.25) is 0 Å². The Morgan fingerprint density at radius 2 is 1.77 bits per heavy atom. The van der Waals surface area contributed by atoms with Crippen LogP contribution in [0.4, 0.5) is 4.79 Å². The molecule has 6 nitrogen and oxygen atoms in total. The fraction of sp³-hybridized carbons (Fsp3) is 0.208. The maximum atomic E-state index is 13.0. The highest BCUT2D eigenvalue weighted by molar-refractivity contribution is 6.08. The van der Waals surface area contributed by atoms with Crippen LogP contribution in [0.3, 0.4) is 0 Å². The molecule has 30 heavy (non-hydrogen) atoms. The van der Waals surface area contributed by atoms with Crippen molar-refractivity contribution < 1.29 is 14.3 Å². The van der Waals surface area contributed by atoms with E-state index in [4.69, 9.17) is 4.74 Å². The van der Waals surface area contributed by atoms with E-state index in [2.05, 4.69) is 10.4 Å². The number of nitrogens with zero attached hydrogens (tertiary/aromatic N) is 2. The summed E-state index contributed by atoms with van der Waals surface area (Å²) < 4.78 is 5.46. The maximum Gasteiger partial charge on any atom is 0.346 e. The lowest BCUT2D eigenvalue weighted by Gasteiger charge is -2.20. The lowest BCUT2D eigenvalue weighted by Crippen LogP contribution is -2.44. The van der Waals surface area contributed by atoms with Crippen molar-refractivity contribution in [1.82, 2.24) is 10.3 Å². The van der Waals surface area contributed by atoms with E-state index >= 15 is 0 Å². The van der Waals surface area contributed by atoms with Crippen molar-refractivity contribution in [2.24, 2.45) is 5.10 Å².